The van der Waals surface area contributed by atoms with Crippen LogP contribution in [0, 0.1) is 0 Å². The van der Waals surface area contributed by atoms with Crippen LogP contribution in [-0.4, -0.2) is 60.1 Å². The molecule has 2 heterocycles. The van der Waals surface area contributed by atoms with Crippen LogP contribution in [0.5, 0.6) is 23.0 Å². The topological polar surface area (TPSA) is 112 Å². The van der Waals surface area contributed by atoms with Gasteiger partial charge in [-0.15, -0.1) is 23.5 Å². The van der Waals surface area contributed by atoms with E-state index < -0.39 is 11.9 Å². The van der Waals surface area contributed by atoms with Crippen LogP contribution in [0.4, 0.5) is 0 Å². The first kappa shape index (κ1) is 45.2. The van der Waals surface area contributed by atoms with Gasteiger partial charge in [0.25, 0.3) is 0 Å². The Kier molecular flexibility index (Phi) is 16.1. The van der Waals surface area contributed by atoms with Crippen LogP contribution in [0.15, 0.2) is 158 Å². The van der Waals surface area contributed by atoms with Crippen molar-refractivity contribution in [2.75, 3.05) is 37.9 Å². The van der Waals surface area contributed by atoms with E-state index >= 15 is 0 Å². The fraction of sp³-hybridized carbons (Fsp3) is 0.283. The van der Waals surface area contributed by atoms with Crippen molar-refractivity contribution < 1.29 is 38.7 Å². The molecule has 0 aliphatic carbocycles. The molecule has 0 saturated heterocycles. The van der Waals surface area contributed by atoms with E-state index in [0.29, 0.717) is 53.3 Å². The number of thioether (sulfide) groups is 2. The predicted octanol–water partition coefficient (Wildman–Crippen LogP) is 12.0. The molecule has 2 unspecified atom stereocenters. The van der Waals surface area contributed by atoms with Crippen molar-refractivity contribution >= 4 is 35.5 Å². The normalized spacial score (nSPS) is 15.0. The summed E-state index contributed by atoms with van der Waals surface area (Å²) in [6, 6.07) is 54.2. The Bertz CT molecular complexity index is 2280. The van der Waals surface area contributed by atoms with E-state index in [2.05, 4.69) is 140 Å². The van der Waals surface area contributed by atoms with Gasteiger partial charge < -0.3 is 29.2 Å². The first-order valence-corrected chi connectivity index (χ1v) is 23.5. The number of rotatable bonds is 20. The molecule has 6 aromatic carbocycles. The lowest BCUT2D eigenvalue weighted by atomic mass is 9.92. The minimum absolute atomic E-state index is 0.107. The summed E-state index contributed by atoms with van der Waals surface area (Å²) in [5, 5.41) is 18.1. The van der Waals surface area contributed by atoms with Gasteiger partial charge in [-0.05, 0) is 78.5 Å². The molecule has 63 heavy (non-hydrogen) atoms. The van der Waals surface area contributed by atoms with E-state index in [0.717, 1.165) is 48.3 Å². The molecule has 2 aliphatic rings. The molecular weight excluding hydrogens is 829 g/mol. The van der Waals surface area contributed by atoms with E-state index in [4.69, 9.17) is 29.2 Å². The summed E-state index contributed by atoms with van der Waals surface area (Å²) in [6.07, 6.45) is 4.18. The van der Waals surface area contributed by atoms with Crippen LogP contribution < -0.4 is 18.9 Å². The van der Waals surface area contributed by atoms with Crippen LogP contribution in [0.2, 0.25) is 0 Å². The second-order valence-electron chi connectivity index (χ2n) is 15.7. The fourth-order valence-electron chi connectivity index (χ4n) is 8.17. The number of fused-ring (bicyclic) bond motifs is 2. The zero-order chi connectivity index (χ0) is 43.9. The number of carboxylic acid groups (broad SMARTS) is 2. The minimum atomic E-state index is -0.992. The molecular formula is C53H54O8S2. The number of ether oxygens (including phenoxy) is 4. The molecule has 2 N–H and O–H groups in total. The van der Waals surface area contributed by atoms with Crippen LogP contribution >= 0.6 is 23.5 Å². The number of benzene rings is 6. The first-order chi connectivity index (χ1) is 30.8. The Hall–Kier alpha value is -5.84. The molecule has 326 valence electrons. The molecule has 0 fully saturated rings. The van der Waals surface area contributed by atoms with Gasteiger partial charge in [0.1, 0.15) is 0 Å². The van der Waals surface area contributed by atoms with Gasteiger partial charge in [-0.25, -0.2) is 9.59 Å². The molecule has 0 saturated carbocycles. The van der Waals surface area contributed by atoms with Gasteiger partial charge in [-0.3, -0.25) is 0 Å². The molecule has 8 nitrogen and oxygen atoms in total. The van der Waals surface area contributed by atoms with Crippen molar-refractivity contribution in [1.82, 2.24) is 0 Å². The average molecular weight is 883 g/mol. The smallest absolute Gasteiger partial charge is 0.341 e. The molecule has 0 amide bonds. The summed E-state index contributed by atoms with van der Waals surface area (Å²) in [5.41, 5.74) is 7.51. The van der Waals surface area contributed by atoms with Crippen LogP contribution in [-0.2, 0) is 14.3 Å². The van der Waals surface area contributed by atoms with Crippen molar-refractivity contribution in [2.24, 2.45) is 0 Å². The van der Waals surface area contributed by atoms with Gasteiger partial charge in [0.05, 0.1) is 23.2 Å². The highest BCUT2D eigenvalue weighted by Gasteiger charge is 2.31. The highest BCUT2D eigenvalue weighted by atomic mass is 32.2. The molecule has 0 spiro atoms. The van der Waals surface area contributed by atoms with Gasteiger partial charge in [-0.1, -0.05) is 146 Å². The number of carbonyl (C=O) groups is 2. The molecule has 0 radical (unpaired) electrons. The van der Waals surface area contributed by atoms with Crippen LogP contribution in [0.25, 0.3) is 0 Å². The second kappa shape index (κ2) is 22.5. The van der Waals surface area contributed by atoms with Crippen LogP contribution in [0.1, 0.15) is 83.1 Å². The summed E-state index contributed by atoms with van der Waals surface area (Å²) in [7, 11) is 0. The largest absolute Gasteiger partial charge is 0.489 e. The van der Waals surface area contributed by atoms with Gasteiger partial charge >= 0.3 is 11.9 Å². The molecule has 2 atom stereocenters. The van der Waals surface area contributed by atoms with Gasteiger partial charge in [0.15, 0.2) is 36.2 Å². The summed E-state index contributed by atoms with van der Waals surface area (Å²) in [4.78, 5) is 21.6. The molecule has 0 aromatic heterocycles. The highest BCUT2D eigenvalue weighted by molar-refractivity contribution is 8.00. The Labute approximate surface area is 379 Å². The third-order valence-corrected chi connectivity index (χ3v) is 14.3. The maximum Gasteiger partial charge on any atom is 0.341 e. The quantitative estimate of drug-likeness (QED) is 0.0719. The minimum Gasteiger partial charge on any atom is -0.489 e. The molecule has 6 aromatic rings. The van der Waals surface area contributed by atoms with Crippen molar-refractivity contribution in [1.29, 1.82) is 0 Å². The van der Waals surface area contributed by atoms with Crippen molar-refractivity contribution in [3.63, 3.8) is 0 Å². The van der Waals surface area contributed by atoms with E-state index in [1.807, 2.05) is 35.7 Å². The fourth-order valence-corrected chi connectivity index (χ4v) is 10.8. The number of hydrogen-bond acceptors (Lipinski definition) is 8. The van der Waals surface area contributed by atoms with Gasteiger partial charge in [0.2, 0.25) is 0 Å². The monoisotopic (exact) mass is 882 g/mol. The summed E-state index contributed by atoms with van der Waals surface area (Å²) in [5.74, 6) is 3.15. The van der Waals surface area contributed by atoms with Crippen molar-refractivity contribution in [2.45, 2.75) is 54.4 Å². The first-order valence-electron chi connectivity index (χ1n) is 21.5. The number of carboxylic acids is 2. The standard InChI is InChI=1S/C27H28O4S.C26H26O4S/c1-27(21-11-4-2-5-12-21,22-13-6-3-7-14-22)32-17-9-10-20-18-31-26-23(20)15-8-16-24(26)30-19-25(28)29;27-24(28)18-29-23-15-7-14-22-21(17-30-25(22)23)13-8-16-31-26(19-9-3-1-4-10-19)20-11-5-2-6-12-20/h2-8,11-16,20H,9-10,17-19H2,1H3,(H,28,29);1-7,9-12,14-15,21,26H,8,13,16-18H2,(H,27,28). The lowest BCUT2D eigenvalue weighted by molar-refractivity contribution is -0.140. The third kappa shape index (κ3) is 12.0. The summed E-state index contributed by atoms with van der Waals surface area (Å²) >= 11 is 3.95. The second-order valence-corrected chi connectivity index (χ2v) is 18.4. The van der Waals surface area contributed by atoms with Crippen molar-refractivity contribution in [3.05, 3.63) is 191 Å². The van der Waals surface area contributed by atoms with Gasteiger partial charge in [-0.2, -0.15) is 0 Å². The number of para-hydroxylation sites is 2. The Morgan fingerprint density at radius 1 is 0.587 bits per heavy atom. The summed E-state index contributed by atoms with van der Waals surface area (Å²) in [6.45, 7) is 2.82. The third-order valence-electron chi connectivity index (χ3n) is 11.4. The average Bonchev–Trinajstić information content (AvgIpc) is 3.95. The van der Waals surface area contributed by atoms with E-state index in [-0.39, 0.29) is 18.0 Å². The zero-order valence-electron chi connectivity index (χ0n) is 35.5. The predicted molar refractivity (Wildman–Crippen MR) is 253 cm³/mol. The van der Waals surface area contributed by atoms with E-state index in [1.165, 1.54) is 22.3 Å². The SMILES string of the molecule is CC(SCCCC1COc2c(OCC(=O)O)cccc21)(c1ccccc1)c1ccccc1.O=C(O)COc1cccc2c1OCC2CCCSC(c1ccccc1)c1ccccc1. The molecule has 10 heteroatoms. The number of hydrogen-bond donors (Lipinski definition) is 2. The zero-order valence-corrected chi connectivity index (χ0v) is 37.1. The maximum atomic E-state index is 10.8. The van der Waals surface area contributed by atoms with Crippen molar-refractivity contribution in [3.8, 4) is 23.0 Å². The van der Waals surface area contributed by atoms with Gasteiger partial charge in [0, 0.05) is 23.0 Å². The summed E-state index contributed by atoms with van der Waals surface area (Å²) < 4.78 is 22.4. The Balaban J connectivity index is 0.000000189. The van der Waals surface area contributed by atoms with Crippen LogP contribution in [0.3, 0.4) is 0 Å². The lowest BCUT2D eigenvalue weighted by Gasteiger charge is -2.30. The Morgan fingerprint density at radius 3 is 1.43 bits per heavy atom. The lowest BCUT2D eigenvalue weighted by Crippen LogP contribution is -2.20. The maximum absolute atomic E-state index is 10.8. The number of aliphatic carboxylic acids is 2. The highest BCUT2D eigenvalue weighted by Crippen LogP contribution is 2.46. The molecule has 0 bridgehead atoms. The van der Waals surface area contributed by atoms with E-state index in [1.54, 1.807) is 12.1 Å². The van der Waals surface area contributed by atoms with E-state index in [9.17, 15) is 9.59 Å². The molecule has 2 aliphatic heterocycles. The molecule has 8 rings (SSSR count). The Morgan fingerprint density at radius 2 is 1.00 bits per heavy atom.